The van der Waals surface area contributed by atoms with Crippen LogP contribution in [-0.2, 0) is 4.74 Å². The van der Waals surface area contributed by atoms with Gasteiger partial charge in [-0.15, -0.1) is 0 Å². The van der Waals surface area contributed by atoms with Gasteiger partial charge >= 0.3 is 0 Å². The normalized spacial score (nSPS) is 28.8. The molecule has 1 saturated carbocycles. The third-order valence-electron chi connectivity index (χ3n) is 5.89. The summed E-state index contributed by atoms with van der Waals surface area (Å²) in [6.07, 6.45) is 0. The number of hydrogen-bond donors (Lipinski definition) is 0. The van der Waals surface area contributed by atoms with E-state index in [9.17, 15) is 31.2 Å². The van der Waals surface area contributed by atoms with Gasteiger partial charge in [-0.1, -0.05) is 12.1 Å². The second-order valence-corrected chi connectivity index (χ2v) is 7.11. The molecule has 2 heterocycles. The summed E-state index contributed by atoms with van der Waals surface area (Å²) in [5.41, 5.74) is -3.15. The molecule has 1 aliphatic carbocycles. The Balaban J connectivity index is 1.97. The number of hydrogen-bond acceptors (Lipinski definition) is 9. The largest absolute Gasteiger partial charge is 0.378 e. The second kappa shape index (κ2) is 6.67. The number of rotatable bonds is 2. The SMILES string of the molecule is N#CC(C#N)=C1N=C(N2CCOCC2)C2(C#N)C(c3cccc([N+](=O)[O-])c3)C12C#N. The van der Waals surface area contributed by atoms with Gasteiger partial charge in [-0.2, -0.15) is 21.0 Å². The molecule has 0 radical (unpaired) electrons. The average molecular weight is 399 g/mol. The molecule has 3 unspecified atom stereocenters. The lowest BCUT2D eigenvalue weighted by Gasteiger charge is -2.31. The fourth-order valence-electron chi connectivity index (χ4n) is 4.59. The lowest BCUT2D eigenvalue weighted by Crippen LogP contribution is -2.44. The fourth-order valence-corrected chi connectivity index (χ4v) is 4.59. The predicted octanol–water partition coefficient (Wildman–Crippen LogP) is 1.76. The van der Waals surface area contributed by atoms with Gasteiger partial charge in [0.05, 0.1) is 36.0 Å². The highest BCUT2D eigenvalue weighted by Gasteiger charge is 2.87. The van der Waals surface area contributed by atoms with E-state index < -0.39 is 21.7 Å². The summed E-state index contributed by atoms with van der Waals surface area (Å²) in [4.78, 5) is 17.0. The Labute approximate surface area is 171 Å². The molecule has 0 N–H and O–H groups in total. The lowest BCUT2D eigenvalue weighted by atomic mass is 9.91. The van der Waals surface area contributed by atoms with Crippen molar-refractivity contribution in [3.8, 4) is 24.3 Å². The van der Waals surface area contributed by atoms with Gasteiger partial charge in [0.1, 0.15) is 28.8 Å². The number of fused-ring (bicyclic) bond motifs is 1. The predicted molar refractivity (Wildman–Crippen MR) is 100 cm³/mol. The number of non-ortho nitro benzene ring substituents is 1. The van der Waals surface area contributed by atoms with E-state index in [1.54, 1.807) is 18.2 Å². The first-order valence-electron chi connectivity index (χ1n) is 9.05. The maximum absolute atomic E-state index is 11.3. The van der Waals surface area contributed by atoms with Crippen molar-refractivity contribution in [2.45, 2.75) is 5.92 Å². The maximum Gasteiger partial charge on any atom is 0.269 e. The molecule has 0 spiro atoms. The van der Waals surface area contributed by atoms with Gasteiger partial charge in [0, 0.05) is 31.1 Å². The van der Waals surface area contributed by atoms with E-state index in [0.29, 0.717) is 37.7 Å². The van der Waals surface area contributed by atoms with Crippen LogP contribution in [0.3, 0.4) is 0 Å². The van der Waals surface area contributed by atoms with Gasteiger partial charge < -0.3 is 9.64 Å². The highest BCUT2D eigenvalue weighted by molar-refractivity contribution is 6.04. The number of allylic oxidation sites excluding steroid dienone is 2. The van der Waals surface area contributed by atoms with Gasteiger partial charge in [-0.25, -0.2) is 4.99 Å². The summed E-state index contributed by atoms with van der Waals surface area (Å²) in [7, 11) is 0. The van der Waals surface area contributed by atoms with Gasteiger partial charge in [0.25, 0.3) is 5.69 Å². The smallest absolute Gasteiger partial charge is 0.269 e. The second-order valence-electron chi connectivity index (χ2n) is 7.11. The minimum absolute atomic E-state index is 0.0467. The van der Waals surface area contributed by atoms with Crippen molar-refractivity contribution < 1.29 is 9.66 Å². The van der Waals surface area contributed by atoms with Crippen molar-refractivity contribution in [1.82, 2.24) is 4.90 Å². The molecular weight excluding hydrogens is 386 g/mol. The molecule has 146 valence electrons. The molecule has 1 aromatic carbocycles. The molecule has 2 fully saturated rings. The number of benzene rings is 1. The summed E-state index contributed by atoms with van der Waals surface area (Å²) in [5, 5.41) is 50.6. The zero-order chi connectivity index (χ0) is 21.5. The summed E-state index contributed by atoms with van der Waals surface area (Å²) >= 11 is 0. The number of aliphatic imine (C=N–C) groups is 1. The molecule has 3 aliphatic rings. The molecule has 0 amide bonds. The Bertz CT molecular complexity index is 1170. The van der Waals surface area contributed by atoms with Crippen molar-refractivity contribution in [3.05, 3.63) is 51.2 Å². The first kappa shape index (κ1) is 19.1. The van der Waals surface area contributed by atoms with E-state index >= 15 is 0 Å². The van der Waals surface area contributed by atoms with E-state index in [1.807, 2.05) is 4.90 Å². The first-order valence-corrected chi connectivity index (χ1v) is 9.05. The Morgan fingerprint density at radius 3 is 2.40 bits per heavy atom. The molecule has 1 aromatic rings. The summed E-state index contributed by atoms with van der Waals surface area (Å²) in [6.45, 7) is 1.69. The monoisotopic (exact) mass is 399 g/mol. The highest BCUT2D eigenvalue weighted by Crippen LogP contribution is 2.81. The van der Waals surface area contributed by atoms with Crippen LogP contribution in [0.15, 0.2) is 40.5 Å². The first-order chi connectivity index (χ1) is 14.5. The van der Waals surface area contributed by atoms with Crippen LogP contribution in [0.5, 0.6) is 0 Å². The number of nitro groups is 1. The maximum atomic E-state index is 11.3. The number of morpholine rings is 1. The van der Waals surface area contributed by atoms with Crippen LogP contribution in [0.1, 0.15) is 11.5 Å². The summed E-state index contributed by atoms with van der Waals surface area (Å²) in [6, 6.07) is 13.7. The Kier molecular flexibility index (Phi) is 4.24. The Morgan fingerprint density at radius 2 is 1.83 bits per heavy atom. The van der Waals surface area contributed by atoms with Gasteiger partial charge in [-0.3, -0.25) is 10.1 Å². The molecule has 10 nitrogen and oxygen atoms in total. The van der Waals surface area contributed by atoms with Crippen molar-refractivity contribution in [3.63, 3.8) is 0 Å². The van der Waals surface area contributed by atoms with E-state index in [1.165, 1.54) is 18.2 Å². The summed E-state index contributed by atoms with van der Waals surface area (Å²) < 4.78 is 5.36. The molecule has 0 aromatic heterocycles. The number of nitriles is 4. The lowest BCUT2D eigenvalue weighted by molar-refractivity contribution is -0.384. The average Bonchev–Trinajstić information content (AvgIpc) is 3.30. The van der Waals surface area contributed by atoms with E-state index in [-0.39, 0.29) is 17.0 Å². The van der Waals surface area contributed by atoms with Crippen LogP contribution < -0.4 is 0 Å². The highest BCUT2D eigenvalue weighted by atomic mass is 16.6. The number of ether oxygens (including phenoxy) is 1. The van der Waals surface area contributed by atoms with E-state index in [2.05, 4.69) is 17.1 Å². The minimum Gasteiger partial charge on any atom is -0.378 e. The molecule has 2 aliphatic heterocycles. The quantitative estimate of drug-likeness (QED) is 0.412. The molecular formula is C20H13N7O3. The van der Waals surface area contributed by atoms with Crippen LogP contribution in [0.4, 0.5) is 5.69 Å². The molecule has 3 atom stereocenters. The van der Waals surface area contributed by atoms with Crippen LogP contribution in [0.2, 0.25) is 0 Å². The zero-order valence-electron chi connectivity index (χ0n) is 15.6. The van der Waals surface area contributed by atoms with Crippen LogP contribution >= 0.6 is 0 Å². The van der Waals surface area contributed by atoms with Crippen molar-refractivity contribution in [2.75, 3.05) is 26.3 Å². The van der Waals surface area contributed by atoms with Gasteiger partial charge in [0.15, 0.2) is 5.57 Å². The molecule has 4 rings (SSSR count). The number of nitrogens with zero attached hydrogens (tertiary/aromatic N) is 7. The molecule has 1 saturated heterocycles. The number of nitro benzene ring substituents is 1. The van der Waals surface area contributed by atoms with Crippen molar-refractivity contribution in [2.24, 2.45) is 15.8 Å². The molecule has 0 bridgehead atoms. The van der Waals surface area contributed by atoms with E-state index in [4.69, 9.17) is 4.74 Å². The van der Waals surface area contributed by atoms with E-state index in [0.717, 1.165) is 0 Å². The molecule has 10 heteroatoms. The fraction of sp³-hybridized carbons (Fsp3) is 0.350. The van der Waals surface area contributed by atoms with Crippen molar-refractivity contribution in [1.29, 1.82) is 21.0 Å². The Hall–Kier alpha value is -4.25. The standard InChI is InChI=1S/C20H13N7O3/c21-9-14(10-22)17-19(11-23)16(13-2-1-3-15(8-13)27(28)29)20(19,12-24)18(25-17)26-4-6-30-7-5-26/h1-3,8,16H,4-7H2. The van der Waals surface area contributed by atoms with Gasteiger partial charge in [0.2, 0.25) is 0 Å². The van der Waals surface area contributed by atoms with Crippen LogP contribution in [-0.4, -0.2) is 42.0 Å². The third kappa shape index (κ3) is 2.20. The van der Waals surface area contributed by atoms with Crippen molar-refractivity contribution >= 4 is 11.5 Å². The summed E-state index contributed by atoms with van der Waals surface area (Å²) in [5.74, 6) is -0.480. The molecule has 30 heavy (non-hydrogen) atoms. The van der Waals surface area contributed by atoms with Crippen LogP contribution in [0.25, 0.3) is 0 Å². The minimum atomic E-state index is -1.56. The third-order valence-corrected chi connectivity index (χ3v) is 5.89. The van der Waals surface area contributed by atoms with Crippen LogP contribution in [0, 0.1) is 66.3 Å². The zero-order valence-corrected chi connectivity index (χ0v) is 15.6. The topological polar surface area (TPSA) is 163 Å². The van der Waals surface area contributed by atoms with Gasteiger partial charge in [-0.05, 0) is 5.56 Å². The number of amidine groups is 1. The Morgan fingerprint density at radius 1 is 1.17 bits per heavy atom.